The Morgan fingerprint density at radius 1 is 1.24 bits per heavy atom. The quantitative estimate of drug-likeness (QED) is 0.596. The Hall–Kier alpha value is -1.83. The van der Waals surface area contributed by atoms with Gasteiger partial charge >= 0.3 is 0 Å². The molecule has 0 bridgehead atoms. The van der Waals surface area contributed by atoms with Gasteiger partial charge in [-0.3, -0.25) is 4.68 Å². The molecule has 0 unspecified atom stereocenters. The van der Waals surface area contributed by atoms with Crippen molar-refractivity contribution in [2.24, 2.45) is 0 Å². The van der Waals surface area contributed by atoms with Crippen LogP contribution in [0.25, 0.3) is 10.6 Å². The number of anilines is 1. The Morgan fingerprint density at radius 2 is 2.04 bits per heavy atom. The molecule has 1 N–H and O–H groups in total. The van der Waals surface area contributed by atoms with Crippen LogP contribution < -0.4 is 5.32 Å². The number of ether oxygens (including phenoxy) is 1. The summed E-state index contributed by atoms with van der Waals surface area (Å²) in [6.45, 7) is 4.21. The zero-order valence-electron chi connectivity index (χ0n) is 14.7. The Labute approximate surface area is 156 Å². The van der Waals surface area contributed by atoms with Crippen molar-refractivity contribution < 1.29 is 4.74 Å². The summed E-state index contributed by atoms with van der Waals surface area (Å²) >= 11 is 3.40. The summed E-state index contributed by atoms with van der Waals surface area (Å²) in [4.78, 5) is 7.02. The number of hydrogen-bond acceptors (Lipinski definition) is 6. The lowest BCUT2D eigenvalue weighted by molar-refractivity contribution is 0.183. The predicted molar refractivity (Wildman–Crippen MR) is 105 cm³/mol. The van der Waals surface area contributed by atoms with E-state index in [1.807, 2.05) is 23.9 Å². The van der Waals surface area contributed by atoms with E-state index in [1.54, 1.807) is 30.2 Å². The number of aryl methyl sites for hydroxylation is 1. The Morgan fingerprint density at radius 3 is 2.76 bits per heavy atom. The van der Waals surface area contributed by atoms with Crippen molar-refractivity contribution in [2.45, 2.75) is 24.9 Å². The van der Waals surface area contributed by atoms with Crippen molar-refractivity contribution >= 4 is 28.2 Å². The van der Waals surface area contributed by atoms with Gasteiger partial charge in [-0.15, -0.1) is 11.8 Å². The lowest BCUT2D eigenvalue weighted by Crippen LogP contribution is -2.04. The van der Waals surface area contributed by atoms with Crippen LogP contribution in [-0.4, -0.2) is 34.7 Å². The molecule has 25 heavy (non-hydrogen) atoms. The highest BCUT2D eigenvalue weighted by molar-refractivity contribution is 7.98. The number of nitrogens with zero attached hydrogens (tertiary/aromatic N) is 3. The van der Waals surface area contributed by atoms with Crippen LogP contribution in [0.5, 0.6) is 0 Å². The van der Waals surface area contributed by atoms with E-state index in [0.29, 0.717) is 6.61 Å². The summed E-state index contributed by atoms with van der Waals surface area (Å²) in [5, 5.41) is 8.95. The Bertz CT molecular complexity index is 811. The predicted octanol–water partition coefficient (Wildman–Crippen LogP) is 4.30. The molecule has 0 atom stereocenters. The molecule has 0 aliphatic heterocycles. The highest BCUT2D eigenvalue weighted by Gasteiger charge is 2.12. The lowest BCUT2D eigenvalue weighted by Gasteiger charge is -2.03. The van der Waals surface area contributed by atoms with E-state index < -0.39 is 0 Å². The van der Waals surface area contributed by atoms with Crippen LogP contribution in [-0.2, 0) is 17.8 Å². The largest absolute Gasteiger partial charge is 0.383 e. The number of hydrogen-bond donors (Lipinski definition) is 1. The van der Waals surface area contributed by atoms with Gasteiger partial charge in [-0.25, -0.2) is 4.98 Å². The zero-order valence-corrected chi connectivity index (χ0v) is 16.3. The van der Waals surface area contributed by atoms with Gasteiger partial charge < -0.3 is 10.1 Å². The van der Waals surface area contributed by atoms with E-state index in [9.17, 15) is 0 Å². The highest BCUT2D eigenvalue weighted by Crippen LogP contribution is 2.31. The third-order valence-electron chi connectivity index (χ3n) is 3.80. The minimum absolute atomic E-state index is 0.658. The monoisotopic (exact) mass is 374 g/mol. The van der Waals surface area contributed by atoms with Crippen molar-refractivity contribution in [3.63, 3.8) is 0 Å². The number of benzene rings is 1. The van der Waals surface area contributed by atoms with Gasteiger partial charge in [-0.2, -0.15) is 5.10 Å². The van der Waals surface area contributed by atoms with Gasteiger partial charge in [-0.1, -0.05) is 23.5 Å². The molecule has 7 heteroatoms. The van der Waals surface area contributed by atoms with Crippen molar-refractivity contribution in [1.29, 1.82) is 0 Å². The molecule has 0 spiro atoms. The van der Waals surface area contributed by atoms with Gasteiger partial charge in [0.25, 0.3) is 0 Å². The van der Waals surface area contributed by atoms with Crippen LogP contribution in [0.3, 0.4) is 0 Å². The molecule has 2 heterocycles. The van der Waals surface area contributed by atoms with E-state index in [1.165, 1.54) is 10.5 Å². The standard InChI is InChI=1S/C18H22N4OS2/c1-13-17(16-8-9-22(21-16)10-11-23-2)25-18(20-13)19-12-14-4-6-15(24-3)7-5-14/h4-9H,10-12H2,1-3H3,(H,19,20). The van der Waals surface area contributed by atoms with Gasteiger partial charge in [0, 0.05) is 24.7 Å². The van der Waals surface area contributed by atoms with Gasteiger partial charge in [0.15, 0.2) is 5.13 Å². The zero-order chi connectivity index (χ0) is 17.6. The van der Waals surface area contributed by atoms with Crippen LogP contribution >= 0.6 is 23.1 Å². The van der Waals surface area contributed by atoms with Crippen molar-refractivity contribution in [3.8, 4) is 10.6 Å². The number of aromatic nitrogens is 3. The molecule has 0 aliphatic rings. The number of nitrogens with one attached hydrogen (secondary N) is 1. The van der Waals surface area contributed by atoms with E-state index in [2.05, 4.69) is 45.9 Å². The minimum Gasteiger partial charge on any atom is -0.383 e. The molecular formula is C18H22N4OS2. The van der Waals surface area contributed by atoms with Gasteiger partial charge in [-0.05, 0) is 36.9 Å². The topological polar surface area (TPSA) is 52.0 Å². The second kappa shape index (κ2) is 8.51. The molecule has 2 aromatic heterocycles. The number of thiazole rings is 1. The highest BCUT2D eigenvalue weighted by atomic mass is 32.2. The molecule has 5 nitrogen and oxygen atoms in total. The molecular weight excluding hydrogens is 352 g/mol. The summed E-state index contributed by atoms with van der Waals surface area (Å²) in [5.41, 5.74) is 3.21. The van der Waals surface area contributed by atoms with Crippen LogP contribution in [0.15, 0.2) is 41.4 Å². The van der Waals surface area contributed by atoms with Crippen LogP contribution in [0.2, 0.25) is 0 Å². The SMILES string of the molecule is COCCn1ccc(-c2sc(NCc3ccc(SC)cc3)nc2C)n1. The van der Waals surface area contributed by atoms with Crippen LogP contribution in [0.1, 0.15) is 11.3 Å². The summed E-state index contributed by atoms with van der Waals surface area (Å²) in [7, 11) is 1.70. The smallest absolute Gasteiger partial charge is 0.183 e. The average molecular weight is 375 g/mol. The van der Waals surface area contributed by atoms with Gasteiger partial charge in [0.2, 0.25) is 0 Å². The first-order chi connectivity index (χ1) is 12.2. The molecule has 3 rings (SSSR count). The number of thioether (sulfide) groups is 1. The summed E-state index contributed by atoms with van der Waals surface area (Å²) in [6.07, 6.45) is 4.07. The fourth-order valence-corrected chi connectivity index (χ4v) is 3.76. The first-order valence-electron chi connectivity index (χ1n) is 8.06. The molecule has 0 radical (unpaired) electrons. The maximum absolute atomic E-state index is 5.10. The molecule has 0 saturated heterocycles. The molecule has 1 aromatic carbocycles. The lowest BCUT2D eigenvalue weighted by atomic mass is 10.2. The maximum atomic E-state index is 5.10. The number of methoxy groups -OCH3 is 1. The van der Waals surface area contributed by atoms with Crippen LogP contribution in [0.4, 0.5) is 5.13 Å². The molecule has 0 saturated carbocycles. The number of rotatable bonds is 8. The maximum Gasteiger partial charge on any atom is 0.183 e. The second-order valence-electron chi connectivity index (χ2n) is 5.59. The molecule has 0 aliphatic carbocycles. The third kappa shape index (κ3) is 4.62. The Kier molecular flexibility index (Phi) is 6.12. The first-order valence-corrected chi connectivity index (χ1v) is 10.1. The van der Waals surface area contributed by atoms with Crippen LogP contribution in [0, 0.1) is 6.92 Å². The second-order valence-corrected chi connectivity index (χ2v) is 7.47. The molecule has 132 valence electrons. The van der Waals surface area contributed by atoms with E-state index in [0.717, 1.165) is 34.5 Å². The van der Waals surface area contributed by atoms with E-state index >= 15 is 0 Å². The van der Waals surface area contributed by atoms with Crippen molar-refractivity contribution in [1.82, 2.24) is 14.8 Å². The average Bonchev–Trinajstić information content (AvgIpc) is 3.25. The fraction of sp³-hybridized carbons (Fsp3) is 0.333. The summed E-state index contributed by atoms with van der Waals surface area (Å²) in [6, 6.07) is 10.6. The first kappa shape index (κ1) is 18.0. The molecule has 0 fully saturated rings. The van der Waals surface area contributed by atoms with Gasteiger partial charge in [0.05, 0.1) is 23.7 Å². The molecule has 3 aromatic rings. The molecule has 0 amide bonds. The van der Waals surface area contributed by atoms with E-state index in [-0.39, 0.29) is 0 Å². The minimum atomic E-state index is 0.658. The normalized spacial score (nSPS) is 11.0. The fourth-order valence-electron chi connectivity index (χ4n) is 2.42. The third-order valence-corrected chi connectivity index (χ3v) is 5.68. The van der Waals surface area contributed by atoms with E-state index in [4.69, 9.17) is 4.74 Å². The summed E-state index contributed by atoms with van der Waals surface area (Å²) in [5.74, 6) is 0. The summed E-state index contributed by atoms with van der Waals surface area (Å²) < 4.78 is 7.00. The van der Waals surface area contributed by atoms with Crippen molar-refractivity contribution in [2.75, 3.05) is 25.3 Å². The van der Waals surface area contributed by atoms with Crippen molar-refractivity contribution in [3.05, 3.63) is 47.8 Å². The Balaban J connectivity index is 1.66. The van der Waals surface area contributed by atoms with Gasteiger partial charge in [0.1, 0.15) is 5.69 Å².